The van der Waals surface area contributed by atoms with Gasteiger partial charge in [-0.05, 0) is 13.8 Å². The lowest BCUT2D eigenvalue weighted by Gasteiger charge is -1.56. The molecule has 0 aromatic carbocycles. The first-order valence-corrected chi connectivity index (χ1v) is 1.54. The highest BCUT2D eigenvalue weighted by Crippen LogP contribution is 1.50. The Balaban J connectivity index is 0. The first-order chi connectivity index (χ1) is 2.73. The van der Waals surface area contributed by atoms with Gasteiger partial charge in [0.05, 0.1) is 0 Å². The molecule has 6 heavy (non-hydrogen) atoms. The van der Waals surface area contributed by atoms with Crippen molar-refractivity contribution in [1.29, 1.82) is 0 Å². The lowest BCUT2D eigenvalue weighted by Crippen LogP contribution is -2.02. The largest absolute Gasteiger partial charge is 0.300 e. The van der Waals surface area contributed by atoms with Crippen molar-refractivity contribution in [3.05, 3.63) is 0 Å². The average Bonchev–Trinajstić information content (AvgIpc) is 1.41. The number of carbonyl (C=O) groups is 1. The topological polar surface area (TPSA) is 69.1 Å². The second-order valence-electron chi connectivity index (χ2n) is 0.908. The molecule has 38 valence electrons. The molecular formula is C3H10N2O. The Hall–Kier alpha value is -0.410. The van der Waals surface area contributed by atoms with Gasteiger partial charge in [0.25, 0.3) is 0 Å². The normalized spacial score (nSPS) is 5.33. The SMILES string of the molecule is CC(C)=O.NN. The summed E-state index contributed by atoms with van der Waals surface area (Å²) >= 11 is 0. The summed E-state index contributed by atoms with van der Waals surface area (Å²) in [5.74, 6) is 8.17. The number of rotatable bonds is 0. The molecule has 0 amide bonds. The van der Waals surface area contributed by atoms with Gasteiger partial charge in [-0.3, -0.25) is 11.7 Å². The van der Waals surface area contributed by atoms with E-state index >= 15 is 0 Å². The van der Waals surface area contributed by atoms with E-state index in [1.54, 1.807) is 0 Å². The highest BCUT2D eigenvalue weighted by atomic mass is 16.1. The van der Waals surface area contributed by atoms with E-state index in [1.165, 1.54) is 13.8 Å². The van der Waals surface area contributed by atoms with Crippen molar-refractivity contribution in [2.24, 2.45) is 11.7 Å². The molecule has 0 aromatic heterocycles. The molecule has 0 unspecified atom stereocenters. The number of hydrogen-bond donors (Lipinski definition) is 2. The molecule has 0 saturated heterocycles. The van der Waals surface area contributed by atoms with Crippen LogP contribution in [0, 0.1) is 0 Å². The van der Waals surface area contributed by atoms with E-state index < -0.39 is 0 Å². The molecule has 0 heterocycles. The van der Waals surface area contributed by atoms with Crippen molar-refractivity contribution in [1.82, 2.24) is 0 Å². The van der Waals surface area contributed by atoms with E-state index in [-0.39, 0.29) is 5.78 Å². The van der Waals surface area contributed by atoms with Crippen LogP contribution in [0.3, 0.4) is 0 Å². The van der Waals surface area contributed by atoms with Crippen molar-refractivity contribution >= 4 is 5.78 Å². The maximum absolute atomic E-state index is 9.44. The van der Waals surface area contributed by atoms with Gasteiger partial charge in [0, 0.05) is 0 Å². The molecule has 0 atom stereocenters. The van der Waals surface area contributed by atoms with Gasteiger partial charge in [0.15, 0.2) is 0 Å². The Bertz CT molecular complexity index is 31.8. The van der Waals surface area contributed by atoms with Crippen molar-refractivity contribution in [2.45, 2.75) is 13.8 Å². The molecule has 4 N–H and O–H groups in total. The molecule has 3 heteroatoms. The van der Waals surface area contributed by atoms with Crippen LogP contribution >= 0.6 is 0 Å². The van der Waals surface area contributed by atoms with Crippen LogP contribution in [0.25, 0.3) is 0 Å². The van der Waals surface area contributed by atoms with Gasteiger partial charge in [-0.25, -0.2) is 0 Å². The summed E-state index contributed by atoms with van der Waals surface area (Å²) in [4.78, 5) is 9.44. The van der Waals surface area contributed by atoms with E-state index in [0.717, 1.165) is 0 Å². The monoisotopic (exact) mass is 90.1 g/mol. The first-order valence-electron chi connectivity index (χ1n) is 1.54. The molecule has 0 aliphatic carbocycles. The Morgan fingerprint density at radius 1 is 1.33 bits per heavy atom. The van der Waals surface area contributed by atoms with E-state index in [0.29, 0.717) is 0 Å². The zero-order valence-electron chi connectivity index (χ0n) is 4.06. The third kappa shape index (κ3) is 143. The molecular weight excluding hydrogens is 80.0 g/mol. The van der Waals surface area contributed by atoms with Gasteiger partial charge in [-0.15, -0.1) is 0 Å². The van der Waals surface area contributed by atoms with Crippen LogP contribution < -0.4 is 11.7 Å². The molecule has 0 aliphatic rings. The maximum atomic E-state index is 9.44. The van der Waals surface area contributed by atoms with Gasteiger partial charge in [-0.2, -0.15) is 0 Å². The van der Waals surface area contributed by atoms with E-state index in [1.807, 2.05) is 0 Å². The van der Waals surface area contributed by atoms with Gasteiger partial charge < -0.3 is 4.79 Å². The molecule has 0 aromatic rings. The fourth-order valence-electron chi connectivity index (χ4n) is 0. The maximum Gasteiger partial charge on any atom is 0.126 e. The van der Waals surface area contributed by atoms with Crippen molar-refractivity contribution in [2.75, 3.05) is 0 Å². The third-order valence-electron chi connectivity index (χ3n) is 0. The number of hydrazine groups is 1. The molecule has 0 saturated carbocycles. The molecule has 0 bridgehead atoms. The summed E-state index contributed by atoms with van der Waals surface area (Å²) in [7, 11) is 0. The van der Waals surface area contributed by atoms with Gasteiger partial charge >= 0.3 is 0 Å². The zero-order chi connectivity index (χ0) is 5.58. The minimum atomic E-state index is 0.167. The number of hydrogen-bond acceptors (Lipinski definition) is 3. The standard InChI is InChI=1S/C3H6O.H4N2/c1-3(2)4;1-2/h1-2H3;1-2H2. The lowest BCUT2D eigenvalue weighted by molar-refractivity contribution is -0.114. The van der Waals surface area contributed by atoms with Crippen LogP contribution in [0.2, 0.25) is 0 Å². The summed E-state index contributed by atoms with van der Waals surface area (Å²) in [6.07, 6.45) is 0. The fourth-order valence-corrected chi connectivity index (χ4v) is 0. The summed E-state index contributed by atoms with van der Waals surface area (Å²) in [5.41, 5.74) is 0. The minimum absolute atomic E-state index is 0.167. The first kappa shape index (κ1) is 9.14. The second kappa shape index (κ2) is 8.82. The smallest absolute Gasteiger partial charge is 0.126 e. The molecule has 0 spiro atoms. The zero-order valence-corrected chi connectivity index (χ0v) is 4.06. The van der Waals surface area contributed by atoms with Gasteiger partial charge in [-0.1, -0.05) is 0 Å². The minimum Gasteiger partial charge on any atom is -0.300 e. The van der Waals surface area contributed by atoms with Gasteiger partial charge in [0.1, 0.15) is 5.78 Å². The number of carbonyl (C=O) groups excluding carboxylic acids is 1. The number of Topliss-reactive ketones (excluding diaryl/α,β-unsaturated/α-hetero) is 1. The van der Waals surface area contributed by atoms with Crippen molar-refractivity contribution < 1.29 is 4.79 Å². The van der Waals surface area contributed by atoms with Crippen LogP contribution in [0.4, 0.5) is 0 Å². The lowest BCUT2D eigenvalue weighted by atomic mass is 10.6. The van der Waals surface area contributed by atoms with Crippen LogP contribution in [-0.2, 0) is 4.79 Å². The average molecular weight is 90.1 g/mol. The predicted octanol–water partition coefficient (Wildman–Crippen LogP) is -0.586. The van der Waals surface area contributed by atoms with E-state index in [4.69, 9.17) is 0 Å². The highest BCUT2D eigenvalue weighted by Gasteiger charge is 1.62. The Morgan fingerprint density at radius 2 is 1.33 bits per heavy atom. The van der Waals surface area contributed by atoms with Gasteiger partial charge in [0.2, 0.25) is 0 Å². The molecule has 0 rings (SSSR count). The predicted molar refractivity (Wildman–Crippen MR) is 24.7 cm³/mol. The molecule has 0 radical (unpaired) electrons. The summed E-state index contributed by atoms with van der Waals surface area (Å²) < 4.78 is 0. The third-order valence-corrected chi connectivity index (χ3v) is 0. The van der Waals surface area contributed by atoms with Crippen LogP contribution in [0.1, 0.15) is 13.8 Å². The quantitative estimate of drug-likeness (QED) is 0.308. The fraction of sp³-hybridized carbons (Fsp3) is 0.667. The number of nitrogens with two attached hydrogens (primary N) is 2. The Morgan fingerprint density at radius 3 is 1.33 bits per heavy atom. The van der Waals surface area contributed by atoms with Crippen LogP contribution in [-0.4, -0.2) is 5.78 Å². The summed E-state index contributed by atoms with van der Waals surface area (Å²) in [6.45, 7) is 3.06. The van der Waals surface area contributed by atoms with Crippen LogP contribution in [0.5, 0.6) is 0 Å². The van der Waals surface area contributed by atoms with Crippen molar-refractivity contribution in [3.63, 3.8) is 0 Å². The molecule has 0 fully saturated rings. The highest BCUT2D eigenvalue weighted by molar-refractivity contribution is 5.72. The van der Waals surface area contributed by atoms with E-state index in [2.05, 4.69) is 11.7 Å². The summed E-state index contributed by atoms with van der Waals surface area (Å²) in [6, 6.07) is 0. The molecule has 3 nitrogen and oxygen atoms in total. The Labute approximate surface area is 37.3 Å². The number of ketones is 1. The Kier molecular flexibility index (Phi) is 13.4. The van der Waals surface area contributed by atoms with E-state index in [9.17, 15) is 4.79 Å². The van der Waals surface area contributed by atoms with Crippen LogP contribution in [0.15, 0.2) is 0 Å². The summed E-state index contributed by atoms with van der Waals surface area (Å²) in [5, 5.41) is 0. The van der Waals surface area contributed by atoms with Crippen molar-refractivity contribution in [3.8, 4) is 0 Å². The molecule has 0 aliphatic heterocycles. The second-order valence-corrected chi connectivity index (χ2v) is 0.908.